The van der Waals surface area contributed by atoms with Gasteiger partial charge in [-0.1, -0.05) is 19.1 Å². The van der Waals surface area contributed by atoms with E-state index in [1.54, 1.807) is 12.1 Å². The second-order valence-electron chi connectivity index (χ2n) is 4.77. The highest BCUT2D eigenvalue weighted by molar-refractivity contribution is 7.00. The van der Waals surface area contributed by atoms with Gasteiger partial charge in [0.15, 0.2) is 0 Å². The zero-order valence-corrected chi connectivity index (χ0v) is 12.9. The predicted octanol–water partition coefficient (Wildman–Crippen LogP) is 3.73. The zero-order valence-electron chi connectivity index (χ0n) is 12.1. The maximum atomic E-state index is 12.4. The first kappa shape index (κ1) is 14.5. The summed E-state index contributed by atoms with van der Waals surface area (Å²) in [7, 11) is 0. The van der Waals surface area contributed by atoms with Gasteiger partial charge in [-0.05, 0) is 36.8 Å². The van der Waals surface area contributed by atoms with E-state index in [4.69, 9.17) is 4.74 Å². The van der Waals surface area contributed by atoms with Gasteiger partial charge in [-0.3, -0.25) is 4.79 Å². The van der Waals surface area contributed by atoms with E-state index in [1.165, 1.54) is 0 Å². The van der Waals surface area contributed by atoms with Crippen LogP contribution in [0.15, 0.2) is 42.5 Å². The number of para-hydroxylation sites is 1. The number of amides is 1. The molecular formula is C16H15N3O2S. The van der Waals surface area contributed by atoms with Crippen LogP contribution in [0.4, 0.5) is 5.69 Å². The van der Waals surface area contributed by atoms with Crippen molar-refractivity contribution in [3.63, 3.8) is 0 Å². The first-order valence-electron chi connectivity index (χ1n) is 7.03. The summed E-state index contributed by atoms with van der Waals surface area (Å²) >= 11 is 1.16. The first-order valence-corrected chi connectivity index (χ1v) is 7.76. The van der Waals surface area contributed by atoms with Crippen LogP contribution in [0.5, 0.6) is 5.75 Å². The number of nitrogens with zero attached hydrogens (tertiary/aromatic N) is 2. The van der Waals surface area contributed by atoms with Crippen LogP contribution in [0.25, 0.3) is 11.0 Å². The third kappa shape index (κ3) is 3.07. The molecule has 0 radical (unpaired) electrons. The lowest BCUT2D eigenvalue weighted by molar-refractivity contribution is 0.102. The minimum Gasteiger partial charge on any atom is -0.493 e. The van der Waals surface area contributed by atoms with Crippen LogP contribution >= 0.6 is 11.7 Å². The summed E-state index contributed by atoms with van der Waals surface area (Å²) < 4.78 is 13.9. The van der Waals surface area contributed by atoms with Crippen molar-refractivity contribution in [1.82, 2.24) is 8.75 Å². The minimum absolute atomic E-state index is 0.200. The number of fused-ring (bicyclic) bond motifs is 1. The van der Waals surface area contributed by atoms with Gasteiger partial charge in [-0.25, -0.2) is 0 Å². The van der Waals surface area contributed by atoms with E-state index in [2.05, 4.69) is 14.1 Å². The van der Waals surface area contributed by atoms with Gasteiger partial charge >= 0.3 is 0 Å². The maximum Gasteiger partial charge on any atom is 0.259 e. The third-order valence-electron chi connectivity index (χ3n) is 3.11. The molecule has 3 aromatic rings. The number of ether oxygens (including phenoxy) is 1. The fraction of sp³-hybridized carbons (Fsp3) is 0.188. The largest absolute Gasteiger partial charge is 0.493 e. The van der Waals surface area contributed by atoms with Gasteiger partial charge in [0, 0.05) is 5.69 Å². The molecule has 112 valence electrons. The van der Waals surface area contributed by atoms with Gasteiger partial charge in [-0.15, -0.1) is 0 Å². The predicted molar refractivity (Wildman–Crippen MR) is 87.6 cm³/mol. The SMILES string of the molecule is CCCOc1ccccc1C(=O)Nc1ccc2nsnc2c1. The Morgan fingerprint density at radius 2 is 2.00 bits per heavy atom. The number of benzene rings is 2. The molecule has 1 heterocycles. The van der Waals surface area contributed by atoms with Crippen LogP contribution < -0.4 is 10.1 Å². The minimum atomic E-state index is -0.200. The smallest absolute Gasteiger partial charge is 0.259 e. The molecule has 1 aromatic heterocycles. The van der Waals surface area contributed by atoms with E-state index in [1.807, 2.05) is 37.3 Å². The molecule has 1 amide bonds. The van der Waals surface area contributed by atoms with E-state index < -0.39 is 0 Å². The molecule has 0 unspecified atom stereocenters. The van der Waals surface area contributed by atoms with Crippen LogP contribution in [0.3, 0.4) is 0 Å². The van der Waals surface area contributed by atoms with Crippen LogP contribution in [0.1, 0.15) is 23.7 Å². The molecule has 0 aliphatic carbocycles. The Balaban J connectivity index is 1.81. The molecule has 22 heavy (non-hydrogen) atoms. The monoisotopic (exact) mass is 313 g/mol. The average Bonchev–Trinajstić information content (AvgIpc) is 3.00. The number of carbonyl (C=O) groups is 1. The normalized spacial score (nSPS) is 10.6. The molecule has 6 heteroatoms. The first-order chi connectivity index (χ1) is 10.8. The van der Waals surface area contributed by atoms with Gasteiger partial charge in [0.2, 0.25) is 0 Å². The molecule has 0 aliphatic heterocycles. The van der Waals surface area contributed by atoms with Crippen molar-refractivity contribution >= 4 is 34.4 Å². The molecule has 3 rings (SSSR count). The lowest BCUT2D eigenvalue weighted by Crippen LogP contribution is -2.13. The Bertz CT molecular complexity index is 801. The molecule has 0 bridgehead atoms. The Labute approximate surface area is 132 Å². The molecule has 0 spiro atoms. The number of anilines is 1. The summed E-state index contributed by atoms with van der Waals surface area (Å²) in [4.78, 5) is 12.4. The fourth-order valence-electron chi connectivity index (χ4n) is 2.05. The van der Waals surface area contributed by atoms with E-state index in [0.717, 1.165) is 29.2 Å². The van der Waals surface area contributed by atoms with Crippen molar-refractivity contribution in [1.29, 1.82) is 0 Å². The van der Waals surface area contributed by atoms with Crippen molar-refractivity contribution in [2.45, 2.75) is 13.3 Å². The maximum absolute atomic E-state index is 12.4. The summed E-state index contributed by atoms with van der Waals surface area (Å²) in [6, 6.07) is 12.7. The number of hydrogen-bond donors (Lipinski definition) is 1. The summed E-state index contributed by atoms with van der Waals surface area (Å²) in [5.74, 6) is 0.396. The second-order valence-corrected chi connectivity index (χ2v) is 5.29. The van der Waals surface area contributed by atoms with Gasteiger partial charge < -0.3 is 10.1 Å². The van der Waals surface area contributed by atoms with Crippen LogP contribution in [0.2, 0.25) is 0 Å². The van der Waals surface area contributed by atoms with Gasteiger partial charge in [0.1, 0.15) is 16.8 Å². The van der Waals surface area contributed by atoms with E-state index in [9.17, 15) is 4.79 Å². The molecule has 0 saturated heterocycles. The number of rotatable bonds is 5. The number of carbonyl (C=O) groups excluding carboxylic acids is 1. The van der Waals surface area contributed by atoms with E-state index in [0.29, 0.717) is 23.6 Å². The van der Waals surface area contributed by atoms with Crippen LogP contribution in [-0.2, 0) is 0 Å². The van der Waals surface area contributed by atoms with Crippen LogP contribution in [-0.4, -0.2) is 21.3 Å². The molecule has 5 nitrogen and oxygen atoms in total. The number of nitrogens with one attached hydrogen (secondary N) is 1. The van der Waals surface area contributed by atoms with Crippen molar-refractivity contribution in [3.8, 4) is 5.75 Å². The quantitative estimate of drug-likeness (QED) is 0.779. The van der Waals surface area contributed by atoms with Crippen molar-refractivity contribution in [3.05, 3.63) is 48.0 Å². The Morgan fingerprint density at radius 3 is 2.86 bits per heavy atom. The van der Waals surface area contributed by atoms with E-state index in [-0.39, 0.29) is 5.91 Å². The number of hydrogen-bond acceptors (Lipinski definition) is 5. The molecule has 0 saturated carbocycles. The van der Waals surface area contributed by atoms with Crippen molar-refractivity contribution in [2.75, 3.05) is 11.9 Å². The topological polar surface area (TPSA) is 64.1 Å². The Kier molecular flexibility index (Phi) is 4.29. The highest BCUT2D eigenvalue weighted by Crippen LogP contribution is 2.21. The van der Waals surface area contributed by atoms with E-state index >= 15 is 0 Å². The lowest BCUT2D eigenvalue weighted by Gasteiger charge is -2.11. The zero-order chi connectivity index (χ0) is 15.4. The number of aromatic nitrogens is 2. The van der Waals surface area contributed by atoms with Gasteiger partial charge in [0.25, 0.3) is 5.91 Å². The summed E-state index contributed by atoms with van der Waals surface area (Å²) in [5, 5.41) is 2.87. The fourth-order valence-corrected chi connectivity index (χ4v) is 2.57. The molecule has 0 aliphatic rings. The molecule has 1 N–H and O–H groups in total. The highest BCUT2D eigenvalue weighted by atomic mass is 32.1. The molecule has 2 aromatic carbocycles. The van der Waals surface area contributed by atoms with Crippen molar-refractivity contribution in [2.24, 2.45) is 0 Å². The Morgan fingerprint density at radius 1 is 1.18 bits per heavy atom. The molecule has 0 atom stereocenters. The molecule has 0 fully saturated rings. The standard InChI is InChI=1S/C16H15N3O2S/c1-2-9-21-15-6-4-3-5-12(15)16(20)17-11-7-8-13-14(10-11)19-22-18-13/h3-8,10H,2,9H2,1H3,(H,17,20). The average molecular weight is 313 g/mol. The lowest BCUT2D eigenvalue weighted by atomic mass is 10.1. The molecular weight excluding hydrogens is 298 g/mol. The highest BCUT2D eigenvalue weighted by Gasteiger charge is 2.12. The Hall–Kier alpha value is -2.47. The van der Waals surface area contributed by atoms with Gasteiger partial charge in [-0.2, -0.15) is 8.75 Å². The van der Waals surface area contributed by atoms with Crippen LogP contribution in [0, 0.1) is 0 Å². The van der Waals surface area contributed by atoms with Crippen molar-refractivity contribution < 1.29 is 9.53 Å². The van der Waals surface area contributed by atoms with Gasteiger partial charge in [0.05, 0.1) is 23.9 Å². The summed E-state index contributed by atoms with van der Waals surface area (Å²) in [6.07, 6.45) is 0.892. The second kappa shape index (κ2) is 6.53. The third-order valence-corrected chi connectivity index (χ3v) is 3.66. The summed E-state index contributed by atoms with van der Waals surface area (Å²) in [5.41, 5.74) is 2.82. The summed E-state index contributed by atoms with van der Waals surface area (Å²) in [6.45, 7) is 2.61.